The van der Waals surface area contributed by atoms with Gasteiger partial charge in [0.15, 0.2) is 0 Å². The summed E-state index contributed by atoms with van der Waals surface area (Å²) in [4.78, 5) is 14.3. The van der Waals surface area contributed by atoms with Gasteiger partial charge in [0.25, 0.3) is 0 Å². The van der Waals surface area contributed by atoms with Gasteiger partial charge in [-0.3, -0.25) is 4.79 Å². The standard InChI is InChI=1S/C18H24N2OS/c1-18(12-19)9-10-20(13-18)17(21)8-4-5-14-11-22-16-7-3-2-6-15(14)16/h2-3,6-7,11H,4-5,8-10,12-13,19H2,1H3. The number of carbonyl (C=O) groups is 1. The fourth-order valence-electron chi connectivity index (χ4n) is 3.22. The van der Waals surface area contributed by atoms with Crippen molar-refractivity contribution < 1.29 is 4.79 Å². The zero-order valence-corrected chi connectivity index (χ0v) is 14.0. The third-order valence-electron chi connectivity index (χ3n) is 4.80. The number of rotatable bonds is 5. The van der Waals surface area contributed by atoms with Crippen LogP contribution in [0.5, 0.6) is 0 Å². The van der Waals surface area contributed by atoms with Gasteiger partial charge in [-0.15, -0.1) is 11.3 Å². The lowest BCUT2D eigenvalue weighted by atomic mass is 9.90. The molecule has 0 aliphatic carbocycles. The van der Waals surface area contributed by atoms with E-state index in [1.807, 2.05) is 4.90 Å². The van der Waals surface area contributed by atoms with Gasteiger partial charge in [-0.25, -0.2) is 0 Å². The Kier molecular flexibility index (Phi) is 4.50. The molecule has 1 aliphatic heterocycles. The van der Waals surface area contributed by atoms with E-state index < -0.39 is 0 Å². The van der Waals surface area contributed by atoms with Gasteiger partial charge in [0, 0.05) is 24.2 Å². The molecule has 0 spiro atoms. The second-order valence-corrected chi connectivity index (χ2v) is 7.60. The Labute approximate surface area is 136 Å². The zero-order valence-electron chi connectivity index (χ0n) is 13.2. The Morgan fingerprint density at radius 3 is 3.00 bits per heavy atom. The number of nitrogens with zero attached hydrogens (tertiary/aromatic N) is 1. The van der Waals surface area contributed by atoms with Crippen molar-refractivity contribution in [2.24, 2.45) is 11.1 Å². The fourth-order valence-corrected chi connectivity index (χ4v) is 4.22. The Bertz CT molecular complexity index is 666. The van der Waals surface area contributed by atoms with Gasteiger partial charge in [0.1, 0.15) is 0 Å². The summed E-state index contributed by atoms with van der Waals surface area (Å²) >= 11 is 1.79. The summed E-state index contributed by atoms with van der Waals surface area (Å²) in [6, 6.07) is 8.50. The minimum atomic E-state index is 0.124. The number of fused-ring (bicyclic) bond motifs is 1. The molecule has 1 aromatic heterocycles. The average molecular weight is 316 g/mol. The van der Waals surface area contributed by atoms with Crippen molar-refractivity contribution in [2.75, 3.05) is 19.6 Å². The van der Waals surface area contributed by atoms with E-state index in [1.54, 1.807) is 11.3 Å². The van der Waals surface area contributed by atoms with Crippen LogP contribution in [0.3, 0.4) is 0 Å². The molecular formula is C18H24N2OS. The summed E-state index contributed by atoms with van der Waals surface area (Å²) in [7, 11) is 0. The van der Waals surface area contributed by atoms with Crippen LogP contribution in [0.2, 0.25) is 0 Å². The predicted octanol–water partition coefficient (Wildman–Crippen LogP) is 3.42. The molecule has 1 atom stereocenters. The van der Waals surface area contributed by atoms with E-state index in [2.05, 4.69) is 36.6 Å². The molecule has 3 rings (SSSR count). The summed E-state index contributed by atoms with van der Waals surface area (Å²) in [5, 5.41) is 3.58. The molecule has 2 N–H and O–H groups in total. The van der Waals surface area contributed by atoms with Crippen molar-refractivity contribution in [3.8, 4) is 0 Å². The van der Waals surface area contributed by atoms with Crippen molar-refractivity contribution in [2.45, 2.75) is 32.6 Å². The van der Waals surface area contributed by atoms with Crippen LogP contribution in [0.25, 0.3) is 10.1 Å². The van der Waals surface area contributed by atoms with Crippen LogP contribution >= 0.6 is 11.3 Å². The van der Waals surface area contributed by atoms with E-state index in [0.29, 0.717) is 13.0 Å². The monoisotopic (exact) mass is 316 g/mol. The molecule has 1 unspecified atom stereocenters. The second-order valence-electron chi connectivity index (χ2n) is 6.69. The van der Waals surface area contributed by atoms with E-state index in [-0.39, 0.29) is 11.3 Å². The van der Waals surface area contributed by atoms with Gasteiger partial charge in [-0.2, -0.15) is 0 Å². The quantitative estimate of drug-likeness (QED) is 0.918. The Hall–Kier alpha value is -1.39. The SMILES string of the molecule is CC1(CN)CCN(C(=O)CCCc2csc3ccccc23)C1. The highest BCUT2D eigenvalue weighted by Crippen LogP contribution is 2.30. The van der Waals surface area contributed by atoms with Crippen molar-refractivity contribution >= 4 is 27.3 Å². The second kappa shape index (κ2) is 6.39. The smallest absolute Gasteiger partial charge is 0.222 e. The highest BCUT2D eigenvalue weighted by molar-refractivity contribution is 7.17. The largest absolute Gasteiger partial charge is 0.342 e. The van der Waals surface area contributed by atoms with E-state index in [1.165, 1.54) is 15.6 Å². The van der Waals surface area contributed by atoms with Crippen molar-refractivity contribution in [3.63, 3.8) is 0 Å². The molecule has 1 fully saturated rings. The minimum absolute atomic E-state index is 0.124. The number of benzene rings is 1. The van der Waals surface area contributed by atoms with Gasteiger partial charge < -0.3 is 10.6 Å². The number of carbonyl (C=O) groups excluding carboxylic acids is 1. The molecule has 2 heterocycles. The zero-order chi connectivity index (χ0) is 15.6. The van der Waals surface area contributed by atoms with Crippen LogP contribution in [-0.4, -0.2) is 30.4 Å². The average Bonchev–Trinajstić information content (AvgIpc) is 3.12. The maximum atomic E-state index is 12.3. The van der Waals surface area contributed by atoms with E-state index in [0.717, 1.165) is 32.4 Å². The molecule has 0 radical (unpaired) electrons. The summed E-state index contributed by atoms with van der Waals surface area (Å²) in [5.74, 6) is 0.289. The summed E-state index contributed by atoms with van der Waals surface area (Å²) < 4.78 is 1.34. The molecule has 1 aromatic carbocycles. The highest BCUT2D eigenvalue weighted by atomic mass is 32.1. The number of aryl methyl sites for hydroxylation is 1. The lowest BCUT2D eigenvalue weighted by molar-refractivity contribution is -0.130. The first-order valence-electron chi connectivity index (χ1n) is 8.04. The third kappa shape index (κ3) is 3.18. The first kappa shape index (κ1) is 15.5. The van der Waals surface area contributed by atoms with Crippen LogP contribution in [0.15, 0.2) is 29.6 Å². The van der Waals surface area contributed by atoms with E-state index in [9.17, 15) is 4.79 Å². The molecule has 22 heavy (non-hydrogen) atoms. The van der Waals surface area contributed by atoms with Gasteiger partial charge in [0.05, 0.1) is 0 Å². The summed E-state index contributed by atoms with van der Waals surface area (Å²) in [6.07, 6.45) is 3.59. The number of hydrogen-bond donors (Lipinski definition) is 1. The van der Waals surface area contributed by atoms with Crippen molar-refractivity contribution in [1.29, 1.82) is 0 Å². The van der Waals surface area contributed by atoms with Crippen molar-refractivity contribution in [1.82, 2.24) is 4.90 Å². The van der Waals surface area contributed by atoms with E-state index >= 15 is 0 Å². The van der Waals surface area contributed by atoms with Gasteiger partial charge in [-0.05, 0) is 53.6 Å². The van der Waals surface area contributed by atoms with Gasteiger partial charge >= 0.3 is 0 Å². The lowest BCUT2D eigenvalue weighted by Gasteiger charge is -2.22. The van der Waals surface area contributed by atoms with Gasteiger partial charge in [0.2, 0.25) is 5.91 Å². The molecule has 1 amide bonds. The molecule has 0 bridgehead atoms. The topological polar surface area (TPSA) is 46.3 Å². The molecule has 0 saturated carbocycles. The van der Waals surface area contributed by atoms with Crippen molar-refractivity contribution in [3.05, 3.63) is 35.2 Å². The Balaban J connectivity index is 1.52. The van der Waals surface area contributed by atoms with Crippen LogP contribution in [0, 0.1) is 5.41 Å². The molecule has 2 aromatic rings. The first-order valence-corrected chi connectivity index (χ1v) is 8.92. The Morgan fingerprint density at radius 2 is 2.23 bits per heavy atom. The van der Waals surface area contributed by atoms with Crippen LogP contribution in [-0.2, 0) is 11.2 Å². The highest BCUT2D eigenvalue weighted by Gasteiger charge is 2.34. The normalized spacial score (nSPS) is 21.6. The molecule has 1 aliphatic rings. The fraction of sp³-hybridized carbons (Fsp3) is 0.500. The molecular weight excluding hydrogens is 292 g/mol. The summed E-state index contributed by atoms with van der Waals surface area (Å²) in [6.45, 7) is 4.53. The van der Waals surface area contributed by atoms with E-state index in [4.69, 9.17) is 5.73 Å². The summed E-state index contributed by atoms with van der Waals surface area (Å²) in [5.41, 5.74) is 7.31. The predicted molar refractivity (Wildman–Crippen MR) is 93.1 cm³/mol. The number of likely N-dealkylation sites (tertiary alicyclic amines) is 1. The number of thiophene rings is 1. The number of hydrogen-bond acceptors (Lipinski definition) is 3. The molecule has 118 valence electrons. The maximum Gasteiger partial charge on any atom is 0.222 e. The van der Waals surface area contributed by atoms with Crippen LogP contribution < -0.4 is 5.73 Å². The number of nitrogens with two attached hydrogens (primary N) is 1. The lowest BCUT2D eigenvalue weighted by Crippen LogP contribution is -2.34. The Morgan fingerprint density at radius 1 is 1.41 bits per heavy atom. The molecule has 1 saturated heterocycles. The van der Waals surface area contributed by atoms with Gasteiger partial charge in [-0.1, -0.05) is 25.1 Å². The molecule has 3 nitrogen and oxygen atoms in total. The van der Waals surface area contributed by atoms with Crippen LogP contribution in [0.1, 0.15) is 31.7 Å². The molecule has 4 heteroatoms. The third-order valence-corrected chi connectivity index (χ3v) is 5.81. The van der Waals surface area contributed by atoms with Crippen LogP contribution in [0.4, 0.5) is 0 Å². The minimum Gasteiger partial charge on any atom is -0.342 e. The number of amides is 1. The first-order chi connectivity index (χ1) is 10.6. The maximum absolute atomic E-state index is 12.3.